The van der Waals surface area contributed by atoms with Crippen LogP contribution in [0.5, 0.6) is 5.75 Å². The first-order chi connectivity index (χ1) is 8.65. The van der Waals surface area contributed by atoms with Crippen molar-refractivity contribution in [2.75, 3.05) is 11.1 Å². The van der Waals surface area contributed by atoms with Crippen molar-refractivity contribution in [2.24, 2.45) is 0 Å². The average Bonchev–Trinajstić information content (AvgIpc) is 2.35. The molecule has 0 saturated heterocycles. The van der Waals surface area contributed by atoms with Crippen LogP contribution in [0.25, 0.3) is 0 Å². The molecule has 0 aliphatic rings. The minimum atomic E-state index is -0.602. The van der Waals surface area contributed by atoms with Crippen molar-refractivity contribution < 1.29 is 9.53 Å². The Morgan fingerprint density at radius 1 is 1.11 bits per heavy atom. The normalized spacial score (nSPS) is 9.83. The van der Waals surface area contributed by atoms with Gasteiger partial charge in [0.05, 0.1) is 11.4 Å². The standard InChI is InChI=1S/C13H11ClN2O2/c14-9-5-7-10(8-6-9)18-13(17)16-12-4-2-1-3-11(12)15/h1-8H,15H2,(H,16,17). The van der Waals surface area contributed by atoms with Crippen molar-refractivity contribution in [1.82, 2.24) is 0 Å². The van der Waals surface area contributed by atoms with E-state index in [1.807, 2.05) is 0 Å². The molecule has 4 nitrogen and oxygen atoms in total. The van der Waals surface area contributed by atoms with Gasteiger partial charge in [0.15, 0.2) is 0 Å². The highest BCUT2D eigenvalue weighted by Gasteiger charge is 2.06. The van der Waals surface area contributed by atoms with Gasteiger partial charge in [0.2, 0.25) is 0 Å². The molecule has 92 valence electrons. The van der Waals surface area contributed by atoms with Gasteiger partial charge in [-0.1, -0.05) is 23.7 Å². The van der Waals surface area contributed by atoms with Crippen molar-refractivity contribution in [1.29, 1.82) is 0 Å². The smallest absolute Gasteiger partial charge is 0.410 e. The molecule has 2 rings (SSSR count). The maximum Gasteiger partial charge on any atom is 0.417 e. The Hall–Kier alpha value is -2.20. The summed E-state index contributed by atoms with van der Waals surface area (Å²) in [7, 11) is 0. The number of benzene rings is 2. The molecule has 0 aliphatic carbocycles. The van der Waals surface area contributed by atoms with Crippen LogP contribution in [0.15, 0.2) is 48.5 Å². The maximum absolute atomic E-state index is 11.6. The van der Waals surface area contributed by atoms with Gasteiger partial charge in [0, 0.05) is 5.02 Å². The molecule has 2 aromatic carbocycles. The summed E-state index contributed by atoms with van der Waals surface area (Å²) in [6.45, 7) is 0. The van der Waals surface area contributed by atoms with Gasteiger partial charge in [-0.3, -0.25) is 5.32 Å². The van der Waals surface area contributed by atoms with Crippen molar-refractivity contribution in [3.63, 3.8) is 0 Å². The number of hydrogen-bond acceptors (Lipinski definition) is 3. The molecule has 0 heterocycles. The monoisotopic (exact) mass is 262 g/mol. The Kier molecular flexibility index (Phi) is 3.69. The number of nitrogens with one attached hydrogen (secondary N) is 1. The third kappa shape index (κ3) is 3.15. The van der Waals surface area contributed by atoms with Crippen LogP contribution in [0.1, 0.15) is 0 Å². The van der Waals surface area contributed by atoms with Crippen LogP contribution < -0.4 is 15.8 Å². The molecule has 3 N–H and O–H groups in total. The van der Waals surface area contributed by atoms with Crippen LogP contribution in [0.2, 0.25) is 5.02 Å². The highest BCUT2D eigenvalue weighted by atomic mass is 35.5. The van der Waals surface area contributed by atoms with Crippen molar-refractivity contribution in [2.45, 2.75) is 0 Å². The number of amides is 1. The van der Waals surface area contributed by atoms with E-state index in [2.05, 4.69) is 5.32 Å². The predicted octanol–water partition coefficient (Wildman–Crippen LogP) is 3.53. The lowest BCUT2D eigenvalue weighted by Crippen LogP contribution is -2.17. The third-order valence-electron chi connectivity index (χ3n) is 2.22. The molecule has 5 heteroatoms. The number of nitrogens with two attached hydrogens (primary N) is 1. The molecule has 0 aliphatic heterocycles. The molecule has 0 atom stereocenters. The molecule has 0 spiro atoms. The summed E-state index contributed by atoms with van der Waals surface area (Å²) >= 11 is 5.73. The molecule has 0 fully saturated rings. The zero-order chi connectivity index (χ0) is 13.0. The molecule has 1 amide bonds. The quantitative estimate of drug-likeness (QED) is 0.814. The van der Waals surface area contributed by atoms with E-state index in [1.54, 1.807) is 48.5 Å². The number of carbonyl (C=O) groups excluding carboxylic acids is 1. The first-order valence-electron chi connectivity index (χ1n) is 5.24. The Labute approximate surface area is 109 Å². The molecule has 0 unspecified atom stereocenters. The topological polar surface area (TPSA) is 64.3 Å². The SMILES string of the molecule is Nc1ccccc1NC(=O)Oc1ccc(Cl)cc1. The summed E-state index contributed by atoms with van der Waals surface area (Å²) in [6.07, 6.45) is -0.602. The number of ether oxygens (including phenoxy) is 1. The van der Waals surface area contributed by atoms with E-state index < -0.39 is 6.09 Å². The van der Waals surface area contributed by atoms with Gasteiger partial charge in [0.1, 0.15) is 5.75 Å². The van der Waals surface area contributed by atoms with E-state index in [9.17, 15) is 4.79 Å². The largest absolute Gasteiger partial charge is 0.417 e. The van der Waals surface area contributed by atoms with E-state index in [4.69, 9.17) is 22.1 Å². The lowest BCUT2D eigenvalue weighted by molar-refractivity contribution is 0.215. The Bertz CT molecular complexity index is 555. The van der Waals surface area contributed by atoms with Gasteiger partial charge >= 0.3 is 6.09 Å². The second-order valence-electron chi connectivity index (χ2n) is 3.56. The van der Waals surface area contributed by atoms with Crippen LogP contribution in [0.4, 0.5) is 16.2 Å². The first kappa shape index (κ1) is 12.3. The van der Waals surface area contributed by atoms with Crippen LogP contribution in [-0.4, -0.2) is 6.09 Å². The van der Waals surface area contributed by atoms with Gasteiger partial charge in [-0.25, -0.2) is 4.79 Å². The second-order valence-corrected chi connectivity index (χ2v) is 3.99. The lowest BCUT2D eigenvalue weighted by atomic mass is 10.3. The van der Waals surface area contributed by atoms with Crippen LogP contribution >= 0.6 is 11.6 Å². The molecular weight excluding hydrogens is 252 g/mol. The van der Waals surface area contributed by atoms with E-state index in [-0.39, 0.29) is 0 Å². The second kappa shape index (κ2) is 5.42. The Morgan fingerprint density at radius 2 is 1.78 bits per heavy atom. The number of nitrogen functional groups attached to an aromatic ring is 1. The fourth-order valence-corrected chi connectivity index (χ4v) is 1.48. The maximum atomic E-state index is 11.6. The predicted molar refractivity (Wildman–Crippen MR) is 72.0 cm³/mol. The minimum absolute atomic E-state index is 0.409. The van der Waals surface area contributed by atoms with Crippen LogP contribution in [0.3, 0.4) is 0 Å². The van der Waals surface area contributed by atoms with E-state index in [0.717, 1.165) is 0 Å². The highest BCUT2D eigenvalue weighted by Crippen LogP contribution is 2.19. The van der Waals surface area contributed by atoms with E-state index >= 15 is 0 Å². The summed E-state index contributed by atoms with van der Waals surface area (Å²) in [6, 6.07) is 13.4. The number of anilines is 2. The summed E-state index contributed by atoms with van der Waals surface area (Å²) in [5.74, 6) is 0.409. The molecular formula is C13H11ClN2O2. The summed E-state index contributed by atoms with van der Waals surface area (Å²) < 4.78 is 5.06. The van der Waals surface area contributed by atoms with Gasteiger partial charge in [-0.2, -0.15) is 0 Å². The zero-order valence-electron chi connectivity index (χ0n) is 9.39. The molecule has 0 bridgehead atoms. The van der Waals surface area contributed by atoms with E-state index in [1.165, 1.54) is 0 Å². The van der Waals surface area contributed by atoms with Gasteiger partial charge in [-0.15, -0.1) is 0 Å². The summed E-state index contributed by atoms with van der Waals surface area (Å²) in [5.41, 5.74) is 6.68. The van der Waals surface area contributed by atoms with Crippen molar-refractivity contribution in [3.8, 4) is 5.75 Å². The summed E-state index contributed by atoms with van der Waals surface area (Å²) in [5, 5.41) is 3.13. The highest BCUT2D eigenvalue weighted by molar-refractivity contribution is 6.30. The fraction of sp³-hybridized carbons (Fsp3) is 0. The zero-order valence-corrected chi connectivity index (χ0v) is 10.1. The summed E-state index contributed by atoms with van der Waals surface area (Å²) in [4.78, 5) is 11.6. The number of carbonyl (C=O) groups is 1. The van der Waals surface area contributed by atoms with Gasteiger partial charge < -0.3 is 10.5 Å². The molecule has 2 aromatic rings. The molecule has 0 saturated carbocycles. The molecule has 0 radical (unpaired) electrons. The van der Waals surface area contributed by atoms with Crippen molar-refractivity contribution >= 4 is 29.1 Å². The minimum Gasteiger partial charge on any atom is -0.410 e. The first-order valence-corrected chi connectivity index (χ1v) is 5.62. The van der Waals surface area contributed by atoms with Crippen LogP contribution in [0, 0.1) is 0 Å². The number of halogens is 1. The van der Waals surface area contributed by atoms with Gasteiger partial charge in [-0.05, 0) is 36.4 Å². The molecule has 0 aromatic heterocycles. The molecule has 18 heavy (non-hydrogen) atoms. The number of para-hydroxylation sites is 2. The van der Waals surface area contributed by atoms with Crippen LogP contribution in [-0.2, 0) is 0 Å². The average molecular weight is 263 g/mol. The fourth-order valence-electron chi connectivity index (χ4n) is 1.36. The number of rotatable bonds is 2. The number of hydrogen-bond donors (Lipinski definition) is 2. The van der Waals surface area contributed by atoms with Gasteiger partial charge in [0.25, 0.3) is 0 Å². The third-order valence-corrected chi connectivity index (χ3v) is 2.47. The van der Waals surface area contributed by atoms with E-state index in [0.29, 0.717) is 22.1 Å². The Morgan fingerprint density at radius 3 is 2.44 bits per heavy atom. The Balaban J connectivity index is 2.01. The van der Waals surface area contributed by atoms with Crippen molar-refractivity contribution in [3.05, 3.63) is 53.6 Å². The lowest BCUT2D eigenvalue weighted by Gasteiger charge is -2.08.